The lowest BCUT2D eigenvalue weighted by molar-refractivity contribution is -0.118. The summed E-state index contributed by atoms with van der Waals surface area (Å²) >= 11 is 0. The highest BCUT2D eigenvalue weighted by Gasteiger charge is 2.07. The van der Waals surface area contributed by atoms with Crippen LogP contribution in [0, 0.1) is 5.82 Å². The fourth-order valence-corrected chi connectivity index (χ4v) is 1.65. The molecule has 6 heteroatoms. The molecule has 0 aliphatic rings. The highest BCUT2D eigenvalue weighted by atomic mass is 19.1. The zero-order valence-corrected chi connectivity index (χ0v) is 11.4. The van der Waals surface area contributed by atoms with Crippen molar-refractivity contribution in [1.29, 1.82) is 0 Å². The number of nitrogens with two attached hydrogens (primary N) is 1. The van der Waals surface area contributed by atoms with Gasteiger partial charge in [0.15, 0.2) is 6.61 Å². The summed E-state index contributed by atoms with van der Waals surface area (Å²) in [5.41, 5.74) is 6.50. The third kappa shape index (κ3) is 4.10. The Morgan fingerprint density at radius 1 is 1.24 bits per heavy atom. The van der Waals surface area contributed by atoms with Gasteiger partial charge in [0.05, 0.1) is 12.8 Å². The maximum absolute atomic E-state index is 13.0. The first-order chi connectivity index (χ1) is 10.1. The van der Waals surface area contributed by atoms with Crippen molar-refractivity contribution in [3.8, 4) is 11.5 Å². The molecule has 1 amide bonds. The number of hydrogen-bond donors (Lipinski definition) is 2. The Balaban J connectivity index is 1.91. The Hall–Kier alpha value is -2.76. The molecule has 2 rings (SSSR count). The highest BCUT2D eigenvalue weighted by Crippen LogP contribution is 2.22. The lowest BCUT2D eigenvalue weighted by Crippen LogP contribution is -2.20. The van der Waals surface area contributed by atoms with E-state index in [1.807, 2.05) is 0 Å². The van der Waals surface area contributed by atoms with Gasteiger partial charge in [0.2, 0.25) is 0 Å². The summed E-state index contributed by atoms with van der Waals surface area (Å²) in [7, 11) is 1.56. The second-order valence-corrected chi connectivity index (χ2v) is 4.25. The molecule has 0 saturated carbocycles. The molecule has 0 saturated heterocycles. The second kappa shape index (κ2) is 6.60. The molecule has 0 atom stereocenters. The minimum atomic E-state index is -0.477. The molecule has 0 spiro atoms. The Labute approximate surface area is 121 Å². The predicted octanol–water partition coefficient (Wildman–Crippen LogP) is 2.43. The molecule has 0 fully saturated rings. The fourth-order valence-electron chi connectivity index (χ4n) is 1.65. The van der Waals surface area contributed by atoms with E-state index in [2.05, 4.69) is 5.32 Å². The van der Waals surface area contributed by atoms with Gasteiger partial charge in [0, 0.05) is 11.8 Å². The van der Waals surface area contributed by atoms with Crippen molar-refractivity contribution in [2.24, 2.45) is 0 Å². The summed E-state index contributed by atoms with van der Waals surface area (Å²) in [5, 5.41) is 2.64. The van der Waals surface area contributed by atoms with Gasteiger partial charge in [-0.3, -0.25) is 4.79 Å². The molecule has 2 aromatic carbocycles. The first kappa shape index (κ1) is 14.6. The third-order valence-corrected chi connectivity index (χ3v) is 2.71. The minimum absolute atomic E-state index is 0.139. The number of hydrogen-bond acceptors (Lipinski definition) is 4. The van der Waals surface area contributed by atoms with Crippen LogP contribution in [0.5, 0.6) is 11.5 Å². The van der Waals surface area contributed by atoms with E-state index in [1.54, 1.807) is 31.4 Å². The van der Waals surface area contributed by atoms with Gasteiger partial charge in [-0.05, 0) is 36.4 Å². The van der Waals surface area contributed by atoms with E-state index >= 15 is 0 Å². The SMILES string of the molecule is COc1ccc(NC(=O)COc2cc(F)ccc2N)cc1. The van der Waals surface area contributed by atoms with Crippen LogP contribution in [0.3, 0.4) is 0 Å². The normalized spacial score (nSPS) is 10.0. The lowest BCUT2D eigenvalue weighted by Gasteiger charge is -2.09. The maximum Gasteiger partial charge on any atom is 0.262 e. The molecule has 0 aliphatic carbocycles. The summed E-state index contributed by atoms with van der Waals surface area (Å²) < 4.78 is 23.3. The number of ether oxygens (including phenoxy) is 2. The van der Waals surface area contributed by atoms with E-state index in [0.29, 0.717) is 11.4 Å². The van der Waals surface area contributed by atoms with Gasteiger partial charge in [0.25, 0.3) is 5.91 Å². The van der Waals surface area contributed by atoms with Crippen molar-refractivity contribution < 1.29 is 18.7 Å². The number of methoxy groups -OCH3 is 1. The quantitative estimate of drug-likeness (QED) is 0.829. The molecule has 3 N–H and O–H groups in total. The number of carbonyl (C=O) groups excluding carboxylic acids is 1. The van der Waals surface area contributed by atoms with Gasteiger partial charge in [-0.2, -0.15) is 0 Å². The Morgan fingerprint density at radius 2 is 1.95 bits per heavy atom. The van der Waals surface area contributed by atoms with E-state index in [-0.39, 0.29) is 24.0 Å². The summed E-state index contributed by atoms with van der Waals surface area (Å²) in [5.74, 6) is -0.0183. The Bertz CT molecular complexity index is 629. The molecular weight excluding hydrogens is 275 g/mol. The van der Waals surface area contributed by atoms with Gasteiger partial charge in [-0.1, -0.05) is 0 Å². The van der Waals surface area contributed by atoms with Gasteiger partial charge in [0.1, 0.15) is 17.3 Å². The van der Waals surface area contributed by atoms with Crippen LogP contribution in [0.4, 0.5) is 15.8 Å². The molecule has 0 radical (unpaired) electrons. The third-order valence-electron chi connectivity index (χ3n) is 2.71. The molecule has 0 aromatic heterocycles. The van der Waals surface area contributed by atoms with Crippen LogP contribution in [-0.4, -0.2) is 19.6 Å². The number of carbonyl (C=O) groups is 1. The maximum atomic E-state index is 13.0. The monoisotopic (exact) mass is 290 g/mol. The van der Waals surface area contributed by atoms with Crippen molar-refractivity contribution in [3.63, 3.8) is 0 Å². The number of halogens is 1. The molecule has 21 heavy (non-hydrogen) atoms. The summed E-state index contributed by atoms with van der Waals surface area (Å²) in [6.07, 6.45) is 0. The molecular formula is C15H15FN2O3. The van der Waals surface area contributed by atoms with E-state index < -0.39 is 5.82 Å². The average Bonchev–Trinajstić information content (AvgIpc) is 2.49. The smallest absolute Gasteiger partial charge is 0.262 e. The number of anilines is 2. The van der Waals surface area contributed by atoms with Crippen LogP contribution >= 0.6 is 0 Å². The fraction of sp³-hybridized carbons (Fsp3) is 0.133. The molecule has 0 bridgehead atoms. The number of nitrogens with one attached hydrogen (secondary N) is 1. The van der Waals surface area contributed by atoms with Gasteiger partial charge >= 0.3 is 0 Å². The predicted molar refractivity (Wildman–Crippen MR) is 77.9 cm³/mol. The molecule has 2 aromatic rings. The largest absolute Gasteiger partial charge is 0.497 e. The van der Waals surface area contributed by atoms with Crippen LogP contribution in [0.1, 0.15) is 0 Å². The van der Waals surface area contributed by atoms with Gasteiger partial charge in [-0.15, -0.1) is 0 Å². The van der Waals surface area contributed by atoms with E-state index in [0.717, 1.165) is 6.07 Å². The number of amides is 1. The minimum Gasteiger partial charge on any atom is -0.497 e. The zero-order chi connectivity index (χ0) is 15.2. The second-order valence-electron chi connectivity index (χ2n) is 4.25. The number of benzene rings is 2. The van der Waals surface area contributed by atoms with Crippen LogP contribution in [0.15, 0.2) is 42.5 Å². The van der Waals surface area contributed by atoms with Crippen molar-refractivity contribution in [1.82, 2.24) is 0 Å². The first-order valence-electron chi connectivity index (χ1n) is 6.20. The Morgan fingerprint density at radius 3 is 2.62 bits per heavy atom. The summed E-state index contributed by atoms with van der Waals surface area (Å²) in [4.78, 5) is 11.7. The highest BCUT2D eigenvalue weighted by molar-refractivity contribution is 5.92. The average molecular weight is 290 g/mol. The number of nitrogen functional groups attached to an aromatic ring is 1. The van der Waals surface area contributed by atoms with Gasteiger partial charge < -0.3 is 20.5 Å². The molecule has 0 unspecified atom stereocenters. The van der Waals surface area contributed by atoms with E-state index in [1.165, 1.54) is 12.1 Å². The van der Waals surface area contributed by atoms with E-state index in [9.17, 15) is 9.18 Å². The number of rotatable bonds is 5. The van der Waals surface area contributed by atoms with Crippen molar-refractivity contribution in [2.75, 3.05) is 24.8 Å². The van der Waals surface area contributed by atoms with Crippen LogP contribution in [0.25, 0.3) is 0 Å². The lowest BCUT2D eigenvalue weighted by atomic mass is 10.3. The summed E-state index contributed by atoms with van der Waals surface area (Å²) in [6.45, 7) is -0.264. The molecule has 0 aliphatic heterocycles. The van der Waals surface area contributed by atoms with Crippen LogP contribution < -0.4 is 20.5 Å². The Kier molecular flexibility index (Phi) is 4.61. The topological polar surface area (TPSA) is 73.6 Å². The molecule has 0 heterocycles. The standard InChI is InChI=1S/C15H15FN2O3/c1-20-12-5-3-11(4-6-12)18-15(19)9-21-14-8-10(16)2-7-13(14)17/h2-8H,9,17H2,1H3,(H,18,19). The summed E-state index contributed by atoms with van der Waals surface area (Å²) in [6, 6.07) is 10.6. The van der Waals surface area contributed by atoms with Gasteiger partial charge in [-0.25, -0.2) is 4.39 Å². The van der Waals surface area contributed by atoms with Crippen molar-refractivity contribution in [2.45, 2.75) is 0 Å². The van der Waals surface area contributed by atoms with Crippen LogP contribution in [0.2, 0.25) is 0 Å². The van der Waals surface area contributed by atoms with Crippen molar-refractivity contribution in [3.05, 3.63) is 48.3 Å². The first-order valence-corrected chi connectivity index (χ1v) is 6.20. The van der Waals surface area contributed by atoms with Crippen LogP contribution in [-0.2, 0) is 4.79 Å². The zero-order valence-electron chi connectivity index (χ0n) is 11.4. The van der Waals surface area contributed by atoms with Crippen molar-refractivity contribution >= 4 is 17.3 Å². The van der Waals surface area contributed by atoms with E-state index in [4.69, 9.17) is 15.2 Å². The molecule has 5 nitrogen and oxygen atoms in total. The molecule has 110 valence electrons.